The first-order valence-electron chi connectivity index (χ1n) is 9.49. The van der Waals surface area contributed by atoms with Crippen LogP contribution in [0.4, 0.5) is 0 Å². The van der Waals surface area contributed by atoms with E-state index in [1.165, 1.54) is 34.7 Å². The first-order chi connectivity index (χ1) is 13.2. The maximum atomic E-state index is 12.5. The largest absolute Gasteiger partial charge is 0.348 e. The standard InChI is InChI=1S/C21H29N3O3S/c1-5-16(2)23-28(26,27)20-12-10-17(11-13-20)21(25)22-14-18-8-6-7-9-19(18)15-24(3)4/h6-13,16,23H,5,14-15H2,1-4H3,(H,22,25)/p+1/t16-/m1/s1. The Morgan fingerprint density at radius 2 is 1.64 bits per heavy atom. The van der Waals surface area contributed by atoms with Gasteiger partial charge in [-0.25, -0.2) is 13.1 Å². The summed E-state index contributed by atoms with van der Waals surface area (Å²) in [5.74, 6) is -0.231. The van der Waals surface area contributed by atoms with Crippen molar-refractivity contribution in [1.29, 1.82) is 0 Å². The topological polar surface area (TPSA) is 79.7 Å². The van der Waals surface area contributed by atoms with Gasteiger partial charge in [0.1, 0.15) is 6.54 Å². The third kappa shape index (κ3) is 6.15. The Labute approximate surface area is 168 Å². The van der Waals surface area contributed by atoms with E-state index in [0.29, 0.717) is 18.5 Å². The molecule has 0 aliphatic heterocycles. The van der Waals surface area contributed by atoms with Crippen molar-refractivity contribution in [3.63, 3.8) is 0 Å². The van der Waals surface area contributed by atoms with Crippen LogP contribution in [0.15, 0.2) is 53.4 Å². The summed E-state index contributed by atoms with van der Waals surface area (Å²) in [6.45, 7) is 5.04. The van der Waals surface area contributed by atoms with Gasteiger partial charge in [0.15, 0.2) is 0 Å². The third-order valence-corrected chi connectivity index (χ3v) is 6.10. The van der Waals surface area contributed by atoms with Crippen LogP contribution in [0.2, 0.25) is 0 Å². The molecule has 0 bridgehead atoms. The highest BCUT2D eigenvalue weighted by atomic mass is 32.2. The molecule has 2 aromatic carbocycles. The number of benzene rings is 2. The van der Waals surface area contributed by atoms with E-state index < -0.39 is 10.0 Å². The molecule has 0 radical (unpaired) electrons. The van der Waals surface area contributed by atoms with E-state index in [4.69, 9.17) is 0 Å². The third-order valence-electron chi connectivity index (χ3n) is 4.50. The Morgan fingerprint density at radius 1 is 1.04 bits per heavy atom. The average molecular weight is 405 g/mol. The highest BCUT2D eigenvalue weighted by molar-refractivity contribution is 7.89. The van der Waals surface area contributed by atoms with E-state index in [2.05, 4.69) is 30.2 Å². The van der Waals surface area contributed by atoms with Gasteiger partial charge in [-0.2, -0.15) is 0 Å². The molecule has 2 rings (SSSR count). The van der Waals surface area contributed by atoms with Crippen LogP contribution in [0.3, 0.4) is 0 Å². The van der Waals surface area contributed by atoms with Crippen molar-refractivity contribution in [1.82, 2.24) is 10.0 Å². The number of amides is 1. The Morgan fingerprint density at radius 3 is 2.21 bits per heavy atom. The lowest BCUT2D eigenvalue weighted by Crippen LogP contribution is -3.04. The zero-order valence-corrected chi connectivity index (χ0v) is 17.8. The normalized spacial score (nSPS) is 12.8. The van der Waals surface area contributed by atoms with E-state index in [-0.39, 0.29) is 16.8 Å². The van der Waals surface area contributed by atoms with Crippen LogP contribution in [-0.4, -0.2) is 34.5 Å². The van der Waals surface area contributed by atoms with E-state index in [0.717, 1.165) is 12.1 Å². The summed E-state index contributed by atoms with van der Waals surface area (Å²) in [4.78, 5) is 13.9. The molecular weight excluding hydrogens is 374 g/mol. The fourth-order valence-corrected chi connectivity index (χ4v) is 4.09. The second-order valence-corrected chi connectivity index (χ2v) is 9.00. The van der Waals surface area contributed by atoms with E-state index in [1.54, 1.807) is 0 Å². The quantitative estimate of drug-likeness (QED) is 0.590. The first-order valence-corrected chi connectivity index (χ1v) is 11.0. The van der Waals surface area contributed by atoms with Gasteiger partial charge in [0.05, 0.1) is 19.0 Å². The lowest BCUT2D eigenvalue weighted by molar-refractivity contribution is -0.872. The Bertz CT molecular complexity index is 893. The molecule has 0 aromatic heterocycles. The summed E-state index contributed by atoms with van der Waals surface area (Å²) < 4.78 is 27.2. The molecule has 152 valence electrons. The van der Waals surface area contributed by atoms with Gasteiger partial charge in [-0.3, -0.25) is 4.79 Å². The molecule has 3 N–H and O–H groups in total. The van der Waals surface area contributed by atoms with E-state index >= 15 is 0 Å². The fraction of sp³-hybridized carbons (Fsp3) is 0.381. The van der Waals surface area contributed by atoms with Gasteiger partial charge in [-0.1, -0.05) is 31.2 Å². The van der Waals surface area contributed by atoms with Crippen LogP contribution >= 0.6 is 0 Å². The van der Waals surface area contributed by atoms with Gasteiger partial charge in [0.25, 0.3) is 5.91 Å². The molecule has 0 aliphatic rings. The molecule has 0 saturated heterocycles. The Balaban J connectivity index is 2.04. The van der Waals surface area contributed by atoms with Crippen molar-refractivity contribution in [3.05, 3.63) is 65.2 Å². The number of rotatable bonds is 9. The molecule has 6 nitrogen and oxygen atoms in total. The number of carbonyl (C=O) groups excluding carboxylic acids is 1. The number of sulfonamides is 1. The van der Waals surface area contributed by atoms with Gasteiger partial charge in [0, 0.05) is 23.7 Å². The Kier molecular flexibility index (Phi) is 7.74. The second-order valence-electron chi connectivity index (χ2n) is 7.29. The maximum absolute atomic E-state index is 12.5. The van der Waals surface area contributed by atoms with Crippen molar-refractivity contribution >= 4 is 15.9 Å². The number of nitrogens with one attached hydrogen (secondary N) is 3. The number of carbonyl (C=O) groups is 1. The fourth-order valence-electron chi connectivity index (χ4n) is 2.76. The van der Waals surface area contributed by atoms with Crippen molar-refractivity contribution in [2.75, 3.05) is 14.1 Å². The molecule has 0 fully saturated rings. The van der Waals surface area contributed by atoms with Gasteiger partial charge >= 0.3 is 0 Å². The summed E-state index contributed by atoms with van der Waals surface area (Å²) in [7, 11) is 0.598. The van der Waals surface area contributed by atoms with Crippen molar-refractivity contribution in [3.8, 4) is 0 Å². The molecule has 0 aliphatic carbocycles. The predicted molar refractivity (Wildman–Crippen MR) is 111 cm³/mol. The summed E-state index contributed by atoms with van der Waals surface area (Å²) in [5.41, 5.74) is 2.70. The van der Waals surface area contributed by atoms with Crippen LogP contribution < -0.4 is 14.9 Å². The monoisotopic (exact) mass is 404 g/mol. The van der Waals surface area contributed by atoms with Crippen LogP contribution in [0, 0.1) is 0 Å². The van der Waals surface area contributed by atoms with Gasteiger partial charge in [-0.05, 0) is 43.2 Å². The number of hydrogen-bond acceptors (Lipinski definition) is 3. The van der Waals surface area contributed by atoms with Crippen LogP contribution in [0.1, 0.15) is 41.8 Å². The van der Waals surface area contributed by atoms with Gasteiger partial charge < -0.3 is 10.2 Å². The molecular formula is C21H30N3O3S+. The van der Waals surface area contributed by atoms with E-state index in [9.17, 15) is 13.2 Å². The maximum Gasteiger partial charge on any atom is 0.251 e. The molecule has 0 unspecified atom stereocenters. The Hall–Kier alpha value is -2.22. The highest BCUT2D eigenvalue weighted by Gasteiger charge is 2.17. The minimum Gasteiger partial charge on any atom is -0.348 e. The molecule has 0 saturated carbocycles. The number of hydrogen-bond donors (Lipinski definition) is 3. The predicted octanol–water partition coefficient (Wildman–Crippen LogP) is 1.34. The lowest BCUT2D eigenvalue weighted by Gasteiger charge is -2.13. The minimum atomic E-state index is -3.57. The zero-order chi connectivity index (χ0) is 20.7. The molecule has 7 heteroatoms. The molecule has 28 heavy (non-hydrogen) atoms. The van der Waals surface area contributed by atoms with Crippen molar-refractivity contribution < 1.29 is 18.1 Å². The van der Waals surface area contributed by atoms with Gasteiger partial charge in [0.2, 0.25) is 10.0 Å². The smallest absolute Gasteiger partial charge is 0.251 e. The summed E-state index contributed by atoms with van der Waals surface area (Å²) in [5, 5.41) is 2.92. The average Bonchev–Trinajstić information content (AvgIpc) is 2.66. The SMILES string of the molecule is CC[C@@H](C)NS(=O)(=O)c1ccc(C(=O)NCc2ccccc2C[NH+](C)C)cc1. The zero-order valence-electron chi connectivity index (χ0n) is 17.0. The van der Waals surface area contributed by atoms with E-state index in [1.807, 2.05) is 32.0 Å². The number of quaternary nitrogens is 1. The van der Waals surface area contributed by atoms with Gasteiger partial charge in [-0.15, -0.1) is 0 Å². The summed E-state index contributed by atoms with van der Waals surface area (Å²) >= 11 is 0. The molecule has 1 amide bonds. The lowest BCUT2D eigenvalue weighted by atomic mass is 10.1. The molecule has 0 spiro atoms. The van der Waals surface area contributed by atoms with Crippen molar-refractivity contribution in [2.24, 2.45) is 0 Å². The van der Waals surface area contributed by atoms with Crippen LogP contribution in [-0.2, 0) is 23.1 Å². The molecule has 0 heterocycles. The van der Waals surface area contributed by atoms with Crippen LogP contribution in [0.25, 0.3) is 0 Å². The minimum absolute atomic E-state index is 0.142. The second kappa shape index (κ2) is 9.82. The first kappa shape index (κ1) is 22.1. The summed E-state index contributed by atoms with van der Waals surface area (Å²) in [6, 6.07) is 13.9. The highest BCUT2D eigenvalue weighted by Crippen LogP contribution is 2.13. The summed E-state index contributed by atoms with van der Waals surface area (Å²) in [6.07, 6.45) is 0.705. The molecule has 1 atom stereocenters. The molecule has 2 aromatic rings. The van der Waals surface area contributed by atoms with Crippen LogP contribution in [0.5, 0.6) is 0 Å². The van der Waals surface area contributed by atoms with Crippen molar-refractivity contribution in [2.45, 2.75) is 44.3 Å².